The SMILES string of the molecule is CCOC(=O)CCc1c(F)cc(OCc2cccc(-c3c(C)cccc3C)c2)cc1F. The van der Waals surface area contributed by atoms with E-state index >= 15 is 0 Å². The summed E-state index contributed by atoms with van der Waals surface area (Å²) in [5.74, 6) is -1.84. The van der Waals surface area contributed by atoms with Crippen LogP contribution in [0.5, 0.6) is 5.75 Å². The number of carbonyl (C=O) groups is 1. The fourth-order valence-electron chi connectivity index (χ4n) is 3.62. The van der Waals surface area contributed by atoms with E-state index in [9.17, 15) is 13.6 Å². The first-order chi connectivity index (χ1) is 14.9. The summed E-state index contributed by atoms with van der Waals surface area (Å²) < 4.78 is 39.2. The highest BCUT2D eigenvalue weighted by atomic mass is 19.1. The van der Waals surface area contributed by atoms with Gasteiger partial charge in [0.15, 0.2) is 0 Å². The van der Waals surface area contributed by atoms with Crippen LogP contribution in [0, 0.1) is 25.5 Å². The number of rotatable bonds is 8. The minimum absolute atomic E-state index is 0.0609. The van der Waals surface area contributed by atoms with Gasteiger partial charge in [-0.2, -0.15) is 0 Å². The van der Waals surface area contributed by atoms with Crippen LogP contribution in [0.4, 0.5) is 8.78 Å². The molecule has 0 aromatic heterocycles. The van der Waals surface area contributed by atoms with E-state index in [2.05, 4.69) is 26.0 Å². The Kier molecular flexibility index (Phi) is 7.40. The fraction of sp³-hybridized carbons (Fsp3) is 0.269. The molecule has 0 unspecified atom stereocenters. The smallest absolute Gasteiger partial charge is 0.306 e. The van der Waals surface area contributed by atoms with Gasteiger partial charge in [-0.15, -0.1) is 0 Å². The van der Waals surface area contributed by atoms with E-state index in [-0.39, 0.29) is 37.4 Å². The maximum Gasteiger partial charge on any atom is 0.306 e. The quantitative estimate of drug-likeness (QED) is 0.397. The van der Waals surface area contributed by atoms with Gasteiger partial charge in [0.25, 0.3) is 0 Å². The molecule has 0 aliphatic rings. The molecular formula is C26H26F2O3. The fourth-order valence-corrected chi connectivity index (χ4v) is 3.62. The van der Waals surface area contributed by atoms with Crippen LogP contribution < -0.4 is 4.74 Å². The predicted molar refractivity (Wildman–Crippen MR) is 117 cm³/mol. The lowest BCUT2D eigenvalue weighted by Crippen LogP contribution is -2.07. The van der Waals surface area contributed by atoms with Gasteiger partial charge in [-0.3, -0.25) is 4.79 Å². The van der Waals surface area contributed by atoms with Gasteiger partial charge in [-0.05, 0) is 61.1 Å². The molecule has 0 heterocycles. The van der Waals surface area contributed by atoms with E-state index in [1.807, 2.05) is 30.3 Å². The van der Waals surface area contributed by atoms with Crippen molar-refractivity contribution in [3.63, 3.8) is 0 Å². The maximum absolute atomic E-state index is 14.4. The zero-order valence-electron chi connectivity index (χ0n) is 18.0. The molecule has 0 N–H and O–H groups in total. The highest BCUT2D eigenvalue weighted by Gasteiger charge is 2.14. The number of esters is 1. The second-order valence-corrected chi connectivity index (χ2v) is 7.43. The molecule has 3 aromatic rings. The van der Waals surface area contributed by atoms with Crippen molar-refractivity contribution in [2.45, 2.75) is 40.2 Å². The number of benzene rings is 3. The van der Waals surface area contributed by atoms with Crippen LogP contribution in [-0.2, 0) is 22.6 Å². The zero-order chi connectivity index (χ0) is 22.4. The standard InChI is InChI=1S/C26H26F2O3/c1-4-30-25(29)12-11-22-23(27)14-21(15-24(22)28)31-16-19-9-6-10-20(13-19)26-17(2)7-5-8-18(26)3/h5-10,13-15H,4,11-12,16H2,1-3H3. The Morgan fingerprint density at radius 2 is 1.58 bits per heavy atom. The van der Waals surface area contributed by atoms with Crippen molar-refractivity contribution in [2.24, 2.45) is 0 Å². The molecule has 0 radical (unpaired) electrons. The van der Waals surface area contributed by atoms with E-state index in [1.165, 1.54) is 16.7 Å². The number of hydrogen-bond donors (Lipinski definition) is 0. The lowest BCUT2D eigenvalue weighted by Gasteiger charge is -2.13. The highest BCUT2D eigenvalue weighted by Crippen LogP contribution is 2.28. The molecule has 162 valence electrons. The average Bonchev–Trinajstić information content (AvgIpc) is 2.72. The highest BCUT2D eigenvalue weighted by molar-refractivity contribution is 5.71. The summed E-state index contributed by atoms with van der Waals surface area (Å²) in [5, 5.41) is 0. The van der Waals surface area contributed by atoms with Crippen molar-refractivity contribution in [3.8, 4) is 16.9 Å². The Hall–Kier alpha value is -3.21. The molecule has 0 aliphatic carbocycles. The zero-order valence-corrected chi connectivity index (χ0v) is 18.0. The van der Waals surface area contributed by atoms with E-state index in [4.69, 9.17) is 9.47 Å². The Bertz CT molecular complexity index is 1030. The number of halogens is 2. The van der Waals surface area contributed by atoms with Gasteiger partial charge in [0.1, 0.15) is 24.0 Å². The largest absolute Gasteiger partial charge is 0.489 e. The van der Waals surface area contributed by atoms with Gasteiger partial charge < -0.3 is 9.47 Å². The summed E-state index contributed by atoms with van der Waals surface area (Å²) in [6.45, 7) is 6.24. The summed E-state index contributed by atoms with van der Waals surface area (Å²) in [4.78, 5) is 11.4. The third-order valence-corrected chi connectivity index (χ3v) is 5.10. The minimum atomic E-state index is -0.733. The summed E-state index contributed by atoms with van der Waals surface area (Å²) in [6.07, 6.45) is -0.137. The van der Waals surface area contributed by atoms with Crippen molar-refractivity contribution in [2.75, 3.05) is 6.61 Å². The average molecular weight is 424 g/mol. The second-order valence-electron chi connectivity index (χ2n) is 7.43. The summed E-state index contributed by atoms with van der Waals surface area (Å²) in [5.41, 5.74) is 5.36. The molecule has 31 heavy (non-hydrogen) atoms. The van der Waals surface area contributed by atoms with Crippen molar-refractivity contribution < 1.29 is 23.0 Å². The van der Waals surface area contributed by atoms with Crippen molar-refractivity contribution in [1.82, 2.24) is 0 Å². The van der Waals surface area contributed by atoms with Gasteiger partial charge >= 0.3 is 5.97 Å². The van der Waals surface area contributed by atoms with E-state index < -0.39 is 17.6 Å². The first-order valence-corrected chi connectivity index (χ1v) is 10.3. The lowest BCUT2D eigenvalue weighted by atomic mass is 9.95. The van der Waals surface area contributed by atoms with E-state index in [1.54, 1.807) is 6.92 Å². The molecule has 0 aliphatic heterocycles. The molecule has 0 spiro atoms. The van der Waals surface area contributed by atoms with Crippen LogP contribution >= 0.6 is 0 Å². The molecule has 3 nitrogen and oxygen atoms in total. The van der Waals surface area contributed by atoms with Crippen molar-refractivity contribution in [3.05, 3.63) is 88.5 Å². The summed E-state index contributed by atoms with van der Waals surface area (Å²) >= 11 is 0. The molecule has 0 amide bonds. The van der Waals surface area contributed by atoms with E-state index in [0.717, 1.165) is 23.3 Å². The molecule has 3 aromatic carbocycles. The predicted octanol–water partition coefficient (Wildman–Crippen LogP) is 6.32. The van der Waals surface area contributed by atoms with Crippen LogP contribution in [-0.4, -0.2) is 12.6 Å². The Balaban J connectivity index is 1.71. The number of ether oxygens (including phenoxy) is 2. The van der Waals surface area contributed by atoms with Gasteiger partial charge in [0.2, 0.25) is 0 Å². The third-order valence-electron chi connectivity index (χ3n) is 5.10. The molecule has 0 atom stereocenters. The molecule has 3 rings (SSSR count). The second kappa shape index (κ2) is 10.2. The van der Waals surface area contributed by atoms with Crippen LogP contribution in [0.3, 0.4) is 0 Å². The molecule has 0 saturated heterocycles. The van der Waals surface area contributed by atoms with Gasteiger partial charge in [0.05, 0.1) is 6.61 Å². The topological polar surface area (TPSA) is 35.5 Å². The molecule has 5 heteroatoms. The maximum atomic E-state index is 14.4. The Labute approximate surface area is 181 Å². The van der Waals surface area contributed by atoms with Gasteiger partial charge in [-0.1, -0.05) is 36.4 Å². The summed E-state index contributed by atoms with van der Waals surface area (Å²) in [7, 11) is 0. The molecular weight excluding hydrogens is 398 g/mol. The van der Waals surface area contributed by atoms with Crippen molar-refractivity contribution in [1.29, 1.82) is 0 Å². The van der Waals surface area contributed by atoms with Crippen molar-refractivity contribution >= 4 is 5.97 Å². The van der Waals surface area contributed by atoms with Crippen LogP contribution in [0.2, 0.25) is 0 Å². The van der Waals surface area contributed by atoms with Crippen LogP contribution in [0.1, 0.15) is 35.6 Å². The first kappa shape index (κ1) is 22.5. The van der Waals surface area contributed by atoms with Crippen LogP contribution in [0.15, 0.2) is 54.6 Å². The number of hydrogen-bond acceptors (Lipinski definition) is 3. The Morgan fingerprint density at radius 1 is 0.935 bits per heavy atom. The normalized spacial score (nSPS) is 10.7. The van der Waals surface area contributed by atoms with Crippen LogP contribution in [0.25, 0.3) is 11.1 Å². The van der Waals surface area contributed by atoms with E-state index in [0.29, 0.717) is 0 Å². The van der Waals surface area contributed by atoms with Gasteiger partial charge in [0, 0.05) is 24.1 Å². The van der Waals surface area contributed by atoms with Gasteiger partial charge in [-0.25, -0.2) is 8.78 Å². The molecule has 0 saturated carbocycles. The number of aryl methyl sites for hydroxylation is 2. The minimum Gasteiger partial charge on any atom is -0.489 e. The summed E-state index contributed by atoms with van der Waals surface area (Å²) in [6, 6.07) is 16.4. The molecule has 0 fully saturated rings. The lowest BCUT2D eigenvalue weighted by molar-refractivity contribution is -0.143. The Morgan fingerprint density at radius 3 is 2.23 bits per heavy atom. The third kappa shape index (κ3) is 5.69. The monoisotopic (exact) mass is 424 g/mol. The first-order valence-electron chi connectivity index (χ1n) is 10.3. The molecule has 0 bridgehead atoms. The number of carbonyl (C=O) groups excluding carboxylic acids is 1.